The molecule has 110 valence electrons. The van der Waals surface area contributed by atoms with E-state index in [1.807, 2.05) is 0 Å². The van der Waals surface area contributed by atoms with Crippen LogP contribution >= 0.6 is 0 Å². The summed E-state index contributed by atoms with van der Waals surface area (Å²) in [6, 6.07) is 5.75. The van der Waals surface area contributed by atoms with Crippen molar-refractivity contribution in [2.75, 3.05) is 5.73 Å². The number of carbonyl (C=O) groups is 1. The summed E-state index contributed by atoms with van der Waals surface area (Å²) in [4.78, 5) is 15.0. The van der Waals surface area contributed by atoms with Crippen LogP contribution in [0, 0.1) is 0 Å². The molecule has 0 bridgehead atoms. The van der Waals surface area contributed by atoms with Crippen LogP contribution in [0.2, 0.25) is 0 Å². The predicted octanol–water partition coefficient (Wildman–Crippen LogP) is 2.57. The van der Waals surface area contributed by atoms with Crippen LogP contribution in [0.15, 0.2) is 36.5 Å². The summed E-state index contributed by atoms with van der Waals surface area (Å²) in [7, 11) is 0. The number of halogens is 3. The number of alkyl halides is 3. The molecule has 0 saturated carbocycles. The van der Waals surface area contributed by atoms with Gasteiger partial charge < -0.3 is 16.2 Å². The average Bonchev–Trinajstić information content (AvgIpc) is 2.40. The molecule has 4 N–H and O–H groups in total. The number of aromatic nitrogens is 1. The Morgan fingerprint density at radius 3 is 2.52 bits per heavy atom. The lowest BCUT2D eigenvalue weighted by Crippen LogP contribution is -2.14. The number of pyridine rings is 1. The number of nitrogens with zero attached hydrogens (tertiary/aromatic N) is 1. The van der Waals surface area contributed by atoms with E-state index in [-0.39, 0.29) is 17.1 Å². The molecule has 0 aliphatic rings. The Balaban J connectivity index is 2.47. The molecule has 8 heteroatoms. The van der Waals surface area contributed by atoms with Crippen LogP contribution in [0.1, 0.15) is 15.9 Å². The number of nitrogens with two attached hydrogens (primary N) is 2. The molecule has 0 radical (unpaired) electrons. The summed E-state index contributed by atoms with van der Waals surface area (Å²) in [6.45, 7) is 0. The van der Waals surface area contributed by atoms with Gasteiger partial charge in [0.05, 0.1) is 17.4 Å². The first kappa shape index (κ1) is 14.6. The maximum absolute atomic E-state index is 12.9. The average molecular weight is 297 g/mol. The molecule has 2 aromatic rings. The zero-order valence-corrected chi connectivity index (χ0v) is 10.5. The zero-order chi connectivity index (χ0) is 15.6. The molecule has 0 atom stereocenters. The largest absolute Gasteiger partial charge is 0.438 e. The molecule has 0 aliphatic carbocycles. The number of hydrogen-bond donors (Lipinski definition) is 2. The summed E-state index contributed by atoms with van der Waals surface area (Å²) in [5.74, 6) is -1.73. The molecule has 0 spiro atoms. The second-order valence-electron chi connectivity index (χ2n) is 4.08. The molecule has 1 heterocycles. The Morgan fingerprint density at radius 2 is 1.90 bits per heavy atom. The third kappa shape index (κ3) is 3.22. The fourth-order valence-corrected chi connectivity index (χ4v) is 1.62. The molecule has 5 nitrogen and oxygen atoms in total. The number of carbonyl (C=O) groups excluding carboxylic acids is 1. The highest BCUT2D eigenvalue weighted by molar-refractivity contribution is 5.95. The molecule has 2 rings (SSSR count). The number of primary amides is 1. The van der Waals surface area contributed by atoms with E-state index in [1.54, 1.807) is 0 Å². The van der Waals surface area contributed by atoms with Gasteiger partial charge in [-0.1, -0.05) is 12.1 Å². The normalized spacial score (nSPS) is 11.2. The Kier molecular flexibility index (Phi) is 3.70. The second kappa shape index (κ2) is 5.31. The van der Waals surface area contributed by atoms with E-state index in [2.05, 4.69) is 4.98 Å². The number of hydrogen-bond acceptors (Lipinski definition) is 4. The van der Waals surface area contributed by atoms with Crippen LogP contribution in [-0.2, 0) is 6.18 Å². The van der Waals surface area contributed by atoms with Crippen LogP contribution < -0.4 is 16.2 Å². The molecule has 21 heavy (non-hydrogen) atoms. The van der Waals surface area contributed by atoms with Gasteiger partial charge >= 0.3 is 6.18 Å². The van der Waals surface area contributed by atoms with Gasteiger partial charge in [0.15, 0.2) is 0 Å². The van der Waals surface area contributed by atoms with Crippen molar-refractivity contribution < 1.29 is 22.7 Å². The second-order valence-corrected chi connectivity index (χ2v) is 4.08. The maximum Gasteiger partial charge on any atom is 0.419 e. The first-order chi connectivity index (χ1) is 9.79. The van der Waals surface area contributed by atoms with Gasteiger partial charge in [-0.3, -0.25) is 4.79 Å². The van der Waals surface area contributed by atoms with Crippen LogP contribution in [0.4, 0.5) is 18.9 Å². The number of nitrogen functional groups attached to an aromatic ring is 1. The summed E-state index contributed by atoms with van der Waals surface area (Å²) < 4.78 is 43.7. The number of benzene rings is 1. The first-order valence-corrected chi connectivity index (χ1v) is 5.68. The minimum absolute atomic E-state index is 0.139. The number of para-hydroxylation sites is 1. The molecule has 0 fully saturated rings. The van der Waals surface area contributed by atoms with Crippen molar-refractivity contribution in [1.82, 2.24) is 4.98 Å². The monoisotopic (exact) mass is 297 g/mol. The fourth-order valence-electron chi connectivity index (χ4n) is 1.62. The number of rotatable bonds is 3. The van der Waals surface area contributed by atoms with Crippen LogP contribution in [0.5, 0.6) is 11.6 Å². The van der Waals surface area contributed by atoms with E-state index in [1.165, 1.54) is 18.2 Å². The van der Waals surface area contributed by atoms with E-state index < -0.39 is 23.4 Å². The van der Waals surface area contributed by atoms with Crippen LogP contribution in [-0.4, -0.2) is 10.9 Å². The molecule has 1 aromatic carbocycles. The van der Waals surface area contributed by atoms with Crippen LogP contribution in [0.25, 0.3) is 0 Å². The third-order valence-electron chi connectivity index (χ3n) is 2.54. The Bertz CT molecular complexity index is 687. The summed E-state index contributed by atoms with van der Waals surface area (Å²) in [6.07, 6.45) is -3.45. The molecule has 0 unspecified atom stereocenters. The highest BCUT2D eigenvalue weighted by atomic mass is 19.4. The van der Waals surface area contributed by atoms with E-state index in [9.17, 15) is 18.0 Å². The van der Waals surface area contributed by atoms with E-state index in [4.69, 9.17) is 16.2 Å². The van der Waals surface area contributed by atoms with Crippen LogP contribution in [0.3, 0.4) is 0 Å². The van der Waals surface area contributed by atoms with Gasteiger partial charge in [-0.25, -0.2) is 4.98 Å². The van der Waals surface area contributed by atoms with Gasteiger partial charge in [-0.15, -0.1) is 0 Å². The molecular formula is C13H10F3N3O2. The lowest BCUT2D eigenvalue weighted by Gasteiger charge is -2.14. The summed E-state index contributed by atoms with van der Waals surface area (Å²) in [5.41, 5.74) is 9.53. The maximum atomic E-state index is 12.9. The highest BCUT2D eigenvalue weighted by Gasteiger charge is 2.34. The van der Waals surface area contributed by atoms with Gasteiger partial charge in [0, 0.05) is 0 Å². The van der Waals surface area contributed by atoms with Crippen molar-refractivity contribution in [2.24, 2.45) is 5.73 Å². The Hall–Kier alpha value is -2.77. The quantitative estimate of drug-likeness (QED) is 0.910. The predicted molar refractivity (Wildman–Crippen MR) is 68.7 cm³/mol. The van der Waals surface area contributed by atoms with E-state index in [0.717, 1.165) is 18.3 Å². The molecular weight excluding hydrogens is 287 g/mol. The summed E-state index contributed by atoms with van der Waals surface area (Å²) in [5, 5.41) is 0. The Labute approximate surface area is 117 Å². The third-order valence-corrected chi connectivity index (χ3v) is 2.54. The smallest absolute Gasteiger partial charge is 0.419 e. The van der Waals surface area contributed by atoms with Gasteiger partial charge in [0.1, 0.15) is 11.3 Å². The van der Waals surface area contributed by atoms with Gasteiger partial charge in [0.25, 0.3) is 5.91 Å². The fraction of sp³-hybridized carbons (Fsp3) is 0.0769. The zero-order valence-electron chi connectivity index (χ0n) is 10.5. The minimum atomic E-state index is -4.60. The topological polar surface area (TPSA) is 91.2 Å². The first-order valence-electron chi connectivity index (χ1n) is 5.68. The van der Waals surface area contributed by atoms with E-state index in [0.29, 0.717) is 0 Å². The molecule has 1 aromatic heterocycles. The van der Waals surface area contributed by atoms with Crippen molar-refractivity contribution in [3.63, 3.8) is 0 Å². The highest BCUT2D eigenvalue weighted by Crippen LogP contribution is 2.38. The lowest BCUT2D eigenvalue weighted by atomic mass is 10.2. The van der Waals surface area contributed by atoms with Crippen molar-refractivity contribution in [3.05, 3.63) is 47.7 Å². The standard InChI is InChI=1S/C13H10F3N3O2/c14-13(15,16)9-3-1-2-4-10(9)21-12-8(11(18)20)5-7(17)6-19-12/h1-6H,17H2,(H2,18,20). The van der Waals surface area contributed by atoms with Gasteiger partial charge in [-0.05, 0) is 18.2 Å². The van der Waals surface area contributed by atoms with Gasteiger partial charge in [-0.2, -0.15) is 13.2 Å². The van der Waals surface area contributed by atoms with Crippen molar-refractivity contribution in [1.29, 1.82) is 0 Å². The van der Waals surface area contributed by atoms with Crippen molar-refractivity contribution in [2.45, 2.75) is 6.18 Å². The van der Waals surface area contributed by atoms with E-state index >= 15 is 0 Å². The van der Waals surface area contributed by atoms with Crippen molar-refractivity contribution >= 4 is 11.6 Å². The number of anilines is 1. The molecule has 1 amide bonds. The molecule has 0 saturated heterocycles. The lowest BCUT2D eigenvalue weighted by molar-refractivity contribution is -0.138. The molecule has 0 aliphatic heterocycles. The van der Waals surface area contributed by atoms with Crippen molar-refractivity contribution in [3.8, 4) is 11.6 Å². The SMILES string of the molecule is NC(=O)c1cc(N)cnc1Oc1ccccc1C(F)(F)F. The number of amides is 1. The Morgan fingerprint density at radius 1 is 1.24 bits per heavy atom. The summed E-state index contributed by atoms with van der Waals surface area (Å²) >= 11 is 0. The number of ether oxygens (including phenoxy) is 1. The van der Waals surface area contributed by atoms with Gasteiger partial charge in [0.2, 0.25) is 5.88 Å². The minimum Gasteiger partial charge on any atom is -0.438 e.